The van der Waals surface area contributed by atoms with Crippen LogP contribution in [0.1, 0.15) is 55.6 Å². The molecule has 1 aliphatic rings. The van der Waals surface area contributed by atoms with Gasteiger partial charge in [-0.1, -0.05) is 23.7 Å². The molecule has 1 fully saturated rings. The lowest BCUT2D eigenvalue weighted by Gasteiger charge is -2.34. The zero-order chi connectivity index (χ0) is 31.5. The van der Waals surface area contributed by atoms with Crippen molar-refractivity contribution in [1.82, 2.24) is 20.1 Å². The molecular formula is C25H23ClF8N4O3S. The van der Waals surface area contributed by atoms with Crippen LogP contribution in [-0.2, 0) is 12.0 Å². The Bertz CT molecular complexity index is 1460. The van der Waals surface area contributed by atoms with Crippen LogP contribution in [-0.4, -0.2) is 62.5 Å². The summed E-state index contributed by atoms with van der Waals surface area (Å²) in [7, 11) is 0. The van der Waals surface area contributed by atoms with Crippen LogP contribution in [0.4, 0.5) is 35.1 Å². The Balaban J connectivity index is 1.76. The summed E-state index contributed by atoms with van der Waals surface area (Å²) < 4.78 is 114. The summed E-state index contributed by atoms with van der Waals surface area (Å²) >= 11 is 6.99. The average molecular weight is 647 g/mol. The molecule has 0 radical (unpaired) electrons. The molecule has 0 bridgehead atoms. The number of nitrogens with zero attached hydrogens (tertiary/aromatic N) is 4. The number of hydrogen-bond acceptors (Lipinski definition) is 7. The molecule has 1 aliphatic heterocycles. The largest absolute Gasteiger partial charge is 0.415 e. The zero-order valence-electron chi connectivity index (χ0n) is 22.1. The number of aromatic nitrogens is 3. The van der Waals surface area contributed by atoms with Crippen molar-refractivity contribution >= 4 is 28.8 Å². The number of benzene rings is 1. The lowest BCUT2D eigenvalue weighted by Crippen LogP contribution is -2.49. The van der Waals surface area contributed by atoms with Gasteiger partial charge in [-0.3, -0.25) is 4.79 Å². The smallest absolute Gasteiger partial charge is 0.403 e. The summed E-state index contributed by atoms with van der Waals surface area (Å²) in [5.41, 5.74) is -6.19. The summed E-state index contributed by atoms with van der Waals surface area (Å²) in [4.78, 5) is 18.9. The van der Waals surface area contributed by atoms with E-state index in [1.807, 2.05) is 0 Å². The monoisotopic (exact) mass is 646 g/mol. The van der Waals surface area contributed by atoms with Gasteiger partial charge in [-0.05, 0) is 44.4 Å². The van der Waals surface area contributed by atoms with E-state index in [0.717, 1.165) is 28.4 Å². The van der Waals surface area contributed by atoms with Crippen molar-refractivity contribution in [2.24, 2.45) is 5.41 Å². The number of alkyl halides is 8. The maximum atomic E-state index is 13.7. The predicted molar refractivity (Wildman–Crippen MR) is 135 cm³/mol. The SMILES string of the molecule is CC(C)(O)c1nnc(-c2nc(C(=O)N3CCC(F)(F)CC3)c(-c3ccc(CC(C)(C(F)(F)F)C(F)(F)F)c(Cl)c3)s2)o1. The van der Waals surface area contributed by atoms with Gasteiger partial charge in [0, 0.05) is 31.0 Å². The molecule has 1 amide bonds. The van der Waals surface area contributed by atoms with E-state index in [0.29, 0.717) is 0 Å². The lowest BCUT2D eigenvalue weighted by molar-refractivity contribution is -0.334. The lowest BCUT2D eigenvalue weighted by atomic mass is 9.82. The third kappa shape index (κ3) is 6.25. The first-order valence-corrected chi connectivity index (χ1v) is 13.5. The van der Waals surface area contributed by atoms with E-state index in [1.54, 1.807) is 0 Å². The number of hydrogen-bond donors (Lipinski definition) is 1. The Morgan fingerprint density at radius 3 is 2.17 bits per heavy atom. The van der Waals surface area contributed by atoms with Crippen molar-refractivity contribution in [3.05, 3.63) is 40.4 Å². The Hall–Kier alpha value is -2.85. The van der Waals surface area contributed by atoms with Gasteiger partial charge < -0.3 is 14.4 Å². The van der Waals surface area contributed by atoms with E-state index in [2.05, 4.69) is 15.2 Å². The molecule has 3 heterocycles. The molecule has 0 aliphatic carbocycles. The number of amides is 1. The highest BCUT2D eigenvalue weighted by atomic mass is 35.5. The topological polar surface area (TPSA) is 92.3 Å². The molecule has 0 spiro atoms. The number of likely N-dealkylation sites (tertiary alicyclic amines) is 1. The van der Waals surface area contributed by atoms with Crippen LogP contribution in [0.5, 0.6) is 0 Å². The van der Waals surface area contributed by atoms with Gasteiger partial charge in [0.1, 0.15) is 11.3 Å². The Labute approximate surface area is 242 Å². The number of carbonyl (C=O) groups is 1. The Morgan fingerprint density at radius 2 is 1.67 bits per heavy atom. The van der Waals surface area contributed by atoms with E-state index in [1.165, 1.54) is 19.9 Å². The van der Waals surface area contributed by atoms with Crippen LogP contribution in [0.2, 0.25) is 5.02 Å². The molecule has 7 nitrogen and oxygen atoms in total. The van der Waals surface area contributed by atoms with Gasteiger partial charge in [0.15, 0.2) is 10.4 Å². The van der Waals surface area contributed by atoms with Crippen LogP contribution in [0, 0.1) is 5.41 Å². The van der Waals surface area contributed by atoms with Gasteiger partial charge in [-0.25, -0.2) is 13.8 Å². The maximum Gasteiger partial charge on any atom is 0.403 e. The highest BCUT2D eigenvalue weighted by molar-refractivity contribution is 7.18. The molecule has 1 saturated heterocycles. The molecule has 17 heteroatoms. The van der Waals surface area contributed by atoms with Crippen LogP contribution < -0.4 is 0 Å². The molecule has 1 N–H and O–H groups in total. The van der Waals surface area contributed by atoms with Gasteiger partial charge in [0.2, 0.25) is 5.89 Å². The van der Waals surface area contributed by atoms with Gasteiger partial charge >= 0.3 is 12.4 Å². The third-order valence-electron chi connectivity index (χ3n) is 6.85. The van der Waals surface area contributed by atoms with Crippen molar-refractivity contribution in [1.29, 1.82) is 0 Å². The highest BCUT2D eigenvalue weighted by Crippen LogP contribution is 2.52. The first-order valence-electron chi connectivity index (χ1n) is 12.3. The number of rotatable bonds is 6. The van der Waals surface area contributed by atoms with Crippen LogP contribution in [0.25, 0.3) is 21.3 Å². The number of piperidine rings is 1. The highest BCUT2D eigenvalue weighted by Gasteiger charge is 2.67. The quantitative estimate of drug-likeness (QED) is 0.283. The molecule has 0 atom stereocenters. The Kier molecular flexibility index (Phi) is 8.17. The molecule has 3 aromatic rings. The average Bonchev–Trinajstić information content (AvgIpc) is 3.51. The predicted octanol–water partition coefficient (Wildman–Crippen LogP) is 7.29. The van der Waals surface area contributed by atoms with E-state index < -0.39 is 65.0 Å². The van der Waals surface area contributed by atoms with Crippen molar-refractivity contribution in [3.8, 4) is 21.3 Å². The minimum absolute atomic E-state index is 0.0133. The van der Waals surface area contributed by atoms with Crippen LogP contribution >= 0.6 is 22.9 Å². The molecule has 0 saturated carbocycles. The summed E-state index contributed by atoms with van der Waals surface area (Å²) in [5.74, 6) is -4.07. The van der Waals surface area contributed by atoms with E-state index in [4.69, 9.17) is 16.0 Å². The minimum Gasteiger partial charge on any atom is -0.415 e. The fourth-order valence-electron chi connectivity index (χ4n) is 4.07. The van der Waals surface area contributed by atoms with Gasteiger partial charge in [0.05, 0.1) is 4.88 Å². The molecule has 42 heavy (non-hydrogen) atoms. The van der Waals surface area contributed by atoms with E-state index >= 15 is 0 Å². The van der Waals surface area contributed by atoms with Crippen LogP contribution in [0.3, 0.4) is 0 Å². The summed E-state index contributed by atoms with van der Waals surface area (Å²) in [6, 6.07) is 3.27. The van der Waals surface area contributed by atoms with Crippen molar-refractivity contribution in [2.75, 3.05) is 13.1 Å². The summed E-state index contributed by atoms with van der Waals surface area (Å²) in [5, 5.41) is 17.3. The van der Waals surface area contributed by atoms with E-state index in [-0.39, 0.29) is 52.9 Å². The third-order valence-corrected chi connectivity index (χ3v) is 8.30. The standard InChI is InChI=1S/C25H23ClF8N4O3S/c1-21(2,40)20-37-36-17(41-20)18-35-15(19(39)38-8-6-23(27,28)7-9-38)16(42-18)12-4-5-13(14(26)10-12)11-22(3,24(29,30)31)25(32,33)34/h4-5,10,40H,6-9,11H2,1-3H3. The second-order valence-corrected chi connectivity index (χ2v) is 12.0. The minimum atomic E-state index is -5.63. The maximum absolute atomic E-state index is 13.7. The molecular weight excluding hydrogens is 624 g/mol. The second-order valence-electron chi connectivity index (χ2n) is 10.6. The molecule has 1 aromatic carbocycles. The number of halogens is 9. The van der Waals surface area contributed by atoms with Gasteiger partial charge in [0.25, 0.3) is 17.7 Å². The Morgan fingerprint density at radius 1 is 1.07 bits per heavy atom. The van der Waals surface area contributed by atoms with E-state index in [9.17, 15) is 45.0 Å². The number of carbonyl (C=O) groups excluding carboxylic acids is 1. The van der Waals surface area contributed by atoms with Crippen molar-refractivity contribution < 1.29 is 49.4 Å². The van der Waals surface area contributed by atoms with Crippen molar-refractivity contribution in [3.63, 3.8) is 0 Å². The van der Waals surface area contributed by atoms with Crippen LogP contribution in [0.15, 0.2) is 22.6 Å². The molecule has 230 valence electrons. The number of thiazole rings is 1. The normalized spacial score (nSPS) is 16.6. The second kappa shape index (κ2) is 10.7. The fourth-order valence-corrected chi connectivity index (χ4v) is 5.29. The first kappa shape index (κ1) is 32.1. The number of aliphatic hydroxyl groups is 1. The molecule has 2 aromatic heterocycles. The molecule has 4 rings (SSSR count). The van der Waals surface area contributed by atoms with Gasteiger partial charge in [-0.15, -0.1) is 21.5 Å². The summed E-state index contributed by atoms with van der Waals surface area (Å²) in [6.07, 6.45) is -13.9. The summed E-state index contributed by atoms with van der Waals surface area (Å²) in [6.45, 7) is 2.23. The first-order chi connectivity index (χ1) is 19.1. The zero-order valence-corrected chi connectivity index (χ0v) is 23.7. The fraction of sp³-hybridized carbons (Fsp3) is 0.520. The van der Waals surface area contributed by atoms with Crippen molar-refractivity contribution in [2.45, 2.75) is 63.9 Å². The van der Waals surface area contributed by atoms with Gasteiger partial charge in [-0.2, -0.15) is 26.3 Å². The molecule has 0 unspecified atom stereocenters.